The van der Waals surface area contributed by atoms with Gasteiger partial charge < -0.3 is 0 Å². The maximum Gasteiger partial charge on any atom is 0.0991 e. The van der Waals surface area contributed by atoms with Crippen molar-refractivity contribution in [1.29, 1.82) is 5.26 Å². The summed E-state index contributed by atoms with van der Waals surface area (Å²) in [5.41, 5.74) is 7.50. The molecule has 0 aliphatic heterocycles. The highest BCUT2D eigenvalue weighted by Crippen LogP contribution is 2.13. The first kappa shape index (κ1) is 14.6. The van der Waals surface area contributed by atoms with E-state index >= 15 is 0 Å². The molecule has 0 amide bonds. The molecule has 0 saturated carbocycles. The third kappa shape index (κ3) is 3.63. The van der Waals surface area contributed by atoms with E-state index in [1.165, 1.54) is 0 Å². The fourth-order valence-corrected chi connectivity index (χ4v) is 2.23. The minimum atomic E-state index is 0.630. The summed E-state index contributed by atoms with van der Waals surface area (Å²) in [7, 11) is 0. The Bertz CT molecular complexity index is 788. The van der Waals surface area contributed by atoms with Crippen molar-refractivity contribution in [1.82, 2.24) is 0 Å². The Balaban J connectivity index is 1.93. The third-order valence-electron chi connectivity index (χ3n) is 3.41. The SMILES string of the molecule is N#Cc1ccc(NN=C(c2ccccc2)c2ccccc2)cc1. The van der Waals surface area contributed by atoms with Gasteiger partial charge in [0.25, 0.3) is 0 Å². The highest BCUT2D eigenvalue weighted by Gasteiger charge is 2.06. The molecular formula is C20H15N3. The largest absolute Gasteiger partial charge is 0.278 e. The summed E-state index contributed by atoms with van der Waals surface area (Å²) in [5.74, 6) is 0. The molecular weight excluding hydrogens is 282 g/mol. The summed E-state index contributed by atoms with van der Waals surface area (Å²) in [5, 5.41) is 13.4. The van der Waals surface area contributed by atoms with Gasteiger partial charge in [-0.05, 0) is 24.3 Å². The summed E-state index contributed by atoms with van der Waals surface area (Å²) in [6.07, 6.45) is 0. The van der Waals surface area contributed by atoms with Crippen LogP contribution in [0.2, 0.25) is 0 Å². The fraction of sp³-hybridized carbons (Fsp3) is 0. The molecule has 0 aromatic heterocycles. The van der Waals surface area contributed by atoms with Crippen molar-refractivity contribution in [3.05, 3.63) is 102 Å². The second-order valence-corrected chi connectivity index (χ2v) is 4.99. The average molecular weight is 297 g/mol. The highest BCUT2D eigenvalue weighted by molar-refractivity contribution is 6.13. The van der Waals surface area contributed by atoms with Crippen molar-refractivity contribution < 1.29 is 0 Å². The van der Waals surface area contributed by atoms with Gasteiger partial charge in [-0.15, -0.1) is 0 Å². The number of hydrogen-bond acceptors (Lipinski definition) is 3. The molecule has 0 aliphatic rings. The first-order chi connectivity index (χ1) is 11.4. The normalized spacial score (nSPS) is 9.70. The quantitative estimate of drug-likeness (QED) is 0.572. The van der Waals surface area contributed by atoms with E-state index in [9.17, 15) is 0 Å². The van der Waals surface area contributed by atoms with Gasteiger partial charge in [0.2, 0.25) is 0 Å². The fourth-order valence-electron chi connectivity index (χ4n) is 2.23. The van der Waals surface area contributed by atoms with Gasteiger partial charge in [-0.25, -0.2) is 0 Å². The number of benzene rings is 3. The molecule has 1 N–H and O–H groups in total. The number of hydrogen-bond donors (Lipinski definition) is 1. The van der Waals surface area contributed by atoms with E-state index in [0.717, 1.165) is 22.5 Å². The van der Waals surface area contributed by atoms with Crippen LogP contribution in [0.5, 0.6) is 0 Å². The molecule has 0 bridgehead atoms. The Hall–Kier alpha value is -3.38. The van der Waals surface area contributed by atoms with Gasteiger partial charge in [0.05, 0.1) is 23.0 Å². The van der Waals surface area contributed by atoms with Crippen molar-refractivity contribution >= 4 is 11.4 Å². The van der Waals surface area contributed by atoms with Gasteiger partial charge >= 0.3 is 0 Å². The van der Waals surface area contributed by atoms with Crippen molar-refractivity contribution in [2.24, 2.45) is 5.10 Å². The van der Waals surface area contributed by atoms with Crippen LogP contribution >= 0.6 is 0 Å². The van der Waals surface area contributed by atoms with Crippen LogP contribution in [0.1, 0.15) is 16.7 Å². The lowest BCUT2D eigenvalue weighted by Gasteiger charge is -2.08. The average Bonchev–Trinajstić information content (AvgIpc) is 2.64. The van der Waals surface area contributed by atoms with Crippen LogP contribution in [-0.2, 0) is 0 Å². The molecule has 3 heteroatoms. The molecule has 0 aliphatic carbocycles. The van der Waals surface area contributed by atoms with E-state index in [2.05, 4.69) is 16.6 Å². The standard InChI is InChI=1S/C20H15N3/c21-15-16-11-13-19(14-12-16)22-23-20(17-7-3-1-4-8-17)18-9-5-2-6-10-18/h1-14,22H. The Kier molecular flexibility index (Phi) is 4.47. The lowest BCUT2D eigenvalue weighted by Crippen LogP contribution is -2.06. The van der Waals surface area contributed by atoms with Crippen molar-refractivity contribution in [2.75, 3.05) is 5.43 Å². The molecule has 3 aromatic carbocycles. The lowest BCUT2D eigenvalue weighted by atomic mass is 10.0. The van der Waals surface area contributed by atoms with Crippen LogP contribution in [0.3, 0.4) is 0 Å². The second-order valence-electron chi connectivity index (χ2n) is 4.99. The predicted molar refractivity (Wildman–Crippen MR) is 93.3 cm³/mol. The first-order valence-corrected chi connectivity index (χ1v) is 7.31. The topological polar surface area (TPSA) is 48.2 Å². The molecule has 0 heterocycles. The number of nitriles is 1. The van der Waals surface area contributed by atoms with Crippen LogP contribution in [0.15, 0.2) is 90.0 Å². The van der Waals surface area contributed by atoms with Gasteiger partial charge in [0, 0.05) is 11.1 Å². The molecule has 0 spiro atoms. The maximum absolute atomic E-state index is 8.85. The highest BCUT2D eigenvalue weighted by atomic mass is 15.3. The molecule has 23 heavy (non-hydrogen) atoms. The zero-order valence-corrected chi connectivity index (χ0v) is 12.5. The van der Waals surface area contributed by atoms with E-state index in [4.69, 9.17) is 5.26 Å². The summed E-state index contributed by atoms with van der Waals surface area (Å²) >= 11 is 0. The maximum atomic E-state index is 8.85. The zero-order chi connectivity index (χ0) is 15.9. The molecule has 0 atom stereocenters. The van der Waals surface area contributed by atoms with Gasteiger partial charge in [0.1, 0.15) is 0 Å². The predicted octanol–water partition coefficient (Wildman–Crippen LogP) is 4.42. The Morgan fingerprint density at radius 2 is 1.26 bits per heavy atom. The van der Waals surface area contributed by atoms with Crippen LogP contribution in [0, 0.1) is 11.3 Å². The first-order valence-electron chi connectivity index (χ1n) is 7.31. The molecule has 3 rings (SSSR count). The van der Waals surface area contributed by atoms with E-state index in [1.54, 1.807) is 12.1 Å². The van der Waals surface area contributed by atoms with Gasteiger partial charge in [-0.2, -0.15) is 10.4 Å². The van der Waals surface area contributed by atoms with Crippen LogP contribution in [0.25, 0.3) is 0 Å². The lowest BCUT2D eigenvalue weighted by molar-refractivity contribution is 1.32. The number of rotatable bonds is 4. The molecule has 0 saturated heterocycles. The summed E-state index contributed by atoms with van der Waals surface area (Å²) in [6.45, 7) is 0. The number of anilines is 1. The molecule has 0 fully saturated rings. The van der Waals surface area contributed by atoms with Gasteiger partial charge in [-0.1, -0.05) is 60.7 Å². The van der Waals surface area contributed by atoms with Gasteiger partial charge in [-0.3, -0.25) is 5.43 Å². The Morgan fingerprint density at radius 1 is 0.739 bits per heavy atom. The Morgan fingerprint density at radius 3 is 1.74 bits per heavy atom. The molecule has 3 nitrogen and oxygen atoms in total. The minimum Gasteiger partial charge on any atom is -0.278 e. The Labute approximate surface area is 135 Å². The van der Waals surface area contributed by atoms with E-state index in [1.807, 2.05) is 72.8 Å². The van der Waals surface area contributed by atoms with E-state index < -0.39 is 0 Å². The molecule has 110 valence electrons. The van der Waals surface area contributed by atoms with E-state index in [-0.39, 0.29) is 0 Å². The van der Waals surface area contributed by atoms with Crippen molar-refractivity contribution in [2.45, 2.75) is 0 Å². The number of hydrazone groups is 1. The summed E-state index contributed by atoms with van der Waals surface area (Å²) in [4.78, 5) is 0. The van der Waals surface area contributed by atoms with Crippen molar-refractivity contribution in [3.63, 3.8) is 0 Å². The van der Waals surface area contributed by atoms with Crippen LogP contribution < -0.4 is 5.43 Å². The number of nitrogens with one attached hydrogen (secondary N) is 1. The number of nitrogens with zero attached hydrogens (tertiary/aromatic N) is 2. The minimum absolute atomic E-state index is 0.630. The molecule has 3 aromatic rings. The van der Waals surface area contributed by atoms with Gasteiger partial charge in [0.15, 0.2) is 0 Å². The van der Waals surface area contributed by atoms with Crippen LogP contribution in [0.4, 0.5) is 5.69 Å². The zero-order valence-electron chi connectivity index (χ0n) is 12.5. The van der Waals surface area contributed by atoms with E-state index in [0.29, 0.717) is 5.56 Å². The monoisotopic (exact) mass is 297 g/mol. The van der Waals surface area contributed by atoms with Crippen molar-refractivity contribution in [3.8, 4) is 6.07 Å². The summed E-state index contributed by atoms with van der Waals surface area (Å²) < 4.78 is 0. The van der Waals surface area contributed by atoms with Crippen LogP contribution in [-0.4, -0.2) is 5.71 Å². The second kappa shape index (κ2) is 7.06. The molecule has 0 radical (unpaired) electrons. The summed E-state index contributed by atoms with van der Waals surface area (Å²) in [6, 6.07) is 29.4. The third-order valence-corrected chi connectivity index (χ3v) is 3.41. The molecule has 0 unspecified atom stereocenters. The smallest absolute Gasteiger partial charge is 0.0991 e.